The summed E-state index contributed by atoms with van der Waals surface area (Å²) in [6.07, 6.45) is 0. The SMILES string of the molecule is COc1cc([C@H](c2nnnn2C(C)(C)C)N2CCN(c3nc4ccccc4s3)CC2)ccc1O. The fourth-order valence-electron chi connectivity index (χ4n) is 4.40. The topological polar surface area (TPSA) is 92.4 Å². The highest BCUT2D eigenvalue weighted by molar-refractivity contribution is 7.22. The zero-order valence-corrected chi connectivity index (χ0v) is 20.7. The Bertz CT molecular complexity index is 1250. The number of phenols is 1. The molecule has 178 valence electrons. The van der Waals surface area contributed by atoms with E-state index in [0.29, 0.717) is 5.75 Å². The molecule has 3 heterocycles. The number of rotatable bonds is 5. The summed E-state index contributed by atoms with van der Waals surface area (Å²) in [5.74, 6) is 1.32. The van der Waals surface area contributed by atoms with Gasteiger partial charge in [0.15, 0.2) is 22.5 Å². The van der Waals surface area contributed by atoms with Gasteiger partial charge in [-0.3, -0.25) is 4.90 Å². The molecule has 0 unspecified atom stereocenters. The monoisotopic (exact) mass is 479 g/mol. The van der Waals surface area contributed by atoms with Crippen LogP contribution in [0, 0.1) is 0 Å². The van der Waals surface area contributed by atoms with Gasteiger partial charge >= 0.3 is 0 Å². The number of methoxy groups -OCH3 is 1. The number of benzene rings is 2. The number of thiazole rings is 1. The van der Waals surface area contributed by atoms with E-state index >= 15 is 0 Å². The number of para-hydroxylation sites is 1. The van der Waals surface area contributed by atoms with Crippen LogP contribution in [0.2, 0.25) is 0 Å². The summed E-state index contributed by atoms with van der Waals surface area (Å²) < 4.78 is 8.49. The van der Waals surface area contributed by atoms with Crippen molar-refractivity contribution in [2.45, 2.75) is 32.4 Å². The number of phenolic OH excluding ortho intramolecular Hbond substituents is 1. The first-order valence-corrected chi connectivity index (χ1v) is 12.2. The third-order valence-corrected chi connectivity index (χ3v) is 7.22. The maximum absolute atomic E-state index is 10.2. The molecule has 1 fully saturated rings. The summed E-state index contributed by atoms with van der Waals surface area (Å²) in [6, 6.07) is 13.5. The largest absolute Gasteiger partial charge is 0.504 e. The number of tetrazole rings is 1. The molecule has 1 aliphatic heterocycles. The van der Waals surface area contributed by atoms with E-state index in [1.807, 2.05) is 22.9 Å². The van der Waals surface area contributed by atoms with E-state index in [-0.39, 0.29) is 17.3 Å². The lowest BCUT2D eigenvalue weighted by atomic mass is 10.0. The summed E-state index contributed by atoms with van der Waals surface area (Å²) in [7, 11) is 1.56. The van der Waals surface area contributed by atoms with Gasteiger partial charge in [-0.1, -0.05) is 29.5 Å². The number of fused-ring (bicyclic) bond motifs is 1. The van der Waals surface area contributed by atoms with Gasteiger partial charge in [0, 0.05) is 26.2 Å². The Morgan fingerprint density at radius 2 is 1.82 bits per heavy atom. The molecule has 34 heavy (non-hydrogen) atoms. The molecule has 1 aliphatic rings. The molecule has 1 atom stereocenters. The van der Waals surface area contributed by atoms with Crippen molar-refractivity contribution >= 4 is 26.7 Å². The van der Waals surface area contributed by atoms with E-state index in [9.17, 15) is 5.11 Å². The van der Waals surface area contributed by atoms with Gasteiger partial charge in [0.05, 0.1) is 28.9 Å². The Morgan fingerprint density at radius 3 is 2.53 bits per heavy atom. The summed E-state index contributed by atoms with van der Waals surface area (Å²) in [4.78, 5) is 9.58. The standard InChI is InChI=1S/C24H29N7O2S/c1-24(2,3)31-22(26-27-28-31)21(16-9-10-18(32)19(15-16)33-4)29-11-13-30(14-12-29)23-25-17-7-5-6-8-20(17)34-23/h5-10,15,21,32H,11-14H2,1-4H3/t21-/m1/s1. The van der Waals surface area contributed by atoms with Crippen molar-refractivity contribution in [1.29, 1.82) is 0 Å². The van der Waals surface area contributed by atoms with Gasteiger partial charge in [0.1, 0.15) is 0 Å². The average molecular weight is 480 g/mol. The van der Waals surface area contributed by atoms with Crippen molar-refractivity contribution in [3.05, 3.63) is 53.9 Å². The first-order valence-electron chi connectivity index (χ1n) is 11.4. The molecule has 0 amide bonds. The van der Waals surface area contributed by atoms with Crippen LogP contribution in [-0.2, 0) is 5.54 Å². The van der Waals surface area contributed by atoms with Crippen LogP contribution in [0.25, 0.3) is 10.2 Å². The minimum atomic E-state index is -0.277. The highest BCUT2D eigenvalue weighted by atomic mass is 32.1. The molecule has 2 aromatic carbocycles. The summed E-state index contributed by atoms with van der Waals surface area (Å²) in [6.45, 7) is 9.61. The number of hydrogen-bond donors (Lipinski definition) is 1. The molecule has 10 heteroatoms. The van der Waals surface area contributed by atoms with Gasteiger partial charge in [-0.2, -0.15) is 0 Å². The molecular weight excluding hydrogens is 450 g/mol. The van der Waals surface area contributed by atoms with Crippen molar-refractivity contribution in [1.82, 2.24) is 30.1 Å². The smallest absolute Gasteiger partial charge is 0.186 e. The number of hydrogen-bond acceptors (Lipinski definition) is 9. The molecule has 0 saturated carbocycles. The Hall–Kier alpha value is -3.24. The number of nitrogens with zero attached hydrogens (tertiary/aromatic N) is 7. The molecule has 1 saturated heterocycles. The fraction of sp³-hybridized carbons (Fsp3) is 0.417. The predicted octanol–water partition coefficient (Wildman–Crippen LogP) is 3.66. The average Bonchev–Trinajstić information content (AvgIpc) is 3.48. The van der Waals surface area contributed by atoms with Gasteiger partial charge in [0.2, 0.25) is 0 Å². The van der Waals surface area contributed by atoms with Gasteiger partial charge in [-0.25, -0.2) is 9.67 Å². The molecule has 9 nitrogen and oxygen atoms in total. The normalized spacial score (nSPS) is 16.2. The maximum atomic E-state index is 10.2. The second-order valence-corrected chi connectivity index (χ2v) is 10.4. The van der Waals surface area contributed by atoms with Gasteiger partial charge in [-0.05, 0) is 61.0 Å². The predicted molar refractivity (Wildman–Crippen MR) is 133 cm³/mol. The lowest BCUT2D eigenvalue weighted by Gasteiger charge is -2.39. The Balaban J connectivity index is 1.46. The fourth-order valence-corrected chi connectivity index (χ4v) is 5.41. The quantitative estimate of drug-likeness (QED) is 0.464. The number of anilines is 1. The number of piperazine rings is 1. The molecule has 2 aromatic heterocycles. The third-order valence-electron chi connectivity index (χ3n) is 6.13. The molecule has 1 N–H and O–H groups in total. The Kier molecular flexibility index (Phi) is 5.86. The summed E-state index contributed by atoms with van der Waals surface area (Å²) >= 11 is 1.74. The second kappa shape index (κ2) is 8.84. The lowest BCUT2D eigenvalue weighted by Crippen LogP contribution is -2.48. The molecule has 0 spiro atoms. The zero-order valence-electron chi connectivity index (χ0n) is 19.8. The van der Waals surface area contributed by atoms with Crippen LogP contribution in [0.5, 0.6) is 11.5 Å². The number of ether oxygens (including phenoxy) is 1. The number of aromatic hydroxyl groups is 1. The second-order valence-electron chi connectivity index (χ2n) is 9.44. The van der Waals surface area contributed by atoms with E-state index in [1.165, 1.54) is 4.70 Å². The summed E-state index contributed by atoms with van der Waals surface area (Å²) in [5, 5.41) is 24.0. The summed E-state index contributed by atoms with van der Waals surface area (Å²) in [5.41, 5.74) is 1.74. The van der Waals surface area contributed by atoms with E-state index in [1.54, 1.807) is 24.5 Å². The highest BCUT2D eigenvalue weighted by Gasteiger charge is 2.34. The van der Waals surface area contributed by atoms with Crippen molar-refractivity contribution < 1.29 is 9.84 Å². The van der Waals surface area contributed by atoms with Crippen LogP contribution >= 0.6 is 11.3 Å². The van der Waals surface area contributed by atoms with Gasteiger partial charge in [0.25, 0.3) is 0 Å². The molecule has 4 aromatic rings. The molecule has 0 bridgehead atoms. The van der Waals surface area contributed by atoms with Crippen LogP contribution in [-0.4, -0.2) is 68.5 Å². The van der Waals surface area contributed by atoms with Crippen LogP contribution in [0.1, 0.15) is 38.2 Å². The van der Waals surface area contributed by atoms with Gasteiger partial charge < -0.3 is 14.7 Å². The van der Waals surface area contributed by atoms with Gasteiger partial charge in [-0.15, -0.1) is 5.10 Å². The third kappa shape index (κ3) is 4.19. The first-order chi connectivity index (χ1) is 16.3. The molecular formula is C24H29N7O2S. The van der Waals surface area contributed by atoms with Crippen molar-refractivity contribution in [3.63, 3.8) is 0 Å². The van der Waals surface area contributed by atoms with E-state index < -0.39 is 0 Å². The van der Waals surface area contributed by atoms with Crippen LogP contribution in [0.15, 0.2) is 42.5 Å². The highest BCUT2D eigenvalue weighted by Crippen LogP contribution is 2.36. The maximum Gasteiger partial charge on any atom is 0.186 e. The Labute approximate surface area is 202 Å². The Morgan fingerprint density at radius 1 is 1.06 bits per heavy atom. The zero-order chi connectivity index (χ0) is 23.9. The van der Waals surface area contributed by atoms with E-state index in [4.69, 9.17) is 9.72 Å². The van der Waals surface area contributed by atoms with Crippen molar-refractivity contribution in [2.24, 2.45) is 0 Å². The molecule has 0 aliphatic carbocycles. The van der Waals surface area contributed by atoms with Crippen LogP contribution in [0.3, 0.4) is 0 Å². The van der Waals surface area contributed by atoms with E-state index in [2.05, 4.69) is 64.3 Å². The molecule has 0 radical (unpaired) electrons. The first kappa shape index (κ1) is 22.5. The minimum absolute atomic E-state index is 0.112. The van der Waals surface area contributed by atoms with E-state index in [0.717, 1.165) is 48.2 Å². The minimum Gasteiger partial charge on any atom is -0.504 e. The number of aromatic nitrogens is 5. The van der Waals surface area contributed by atoms with Crippen LogP contribution in [0.4, 0.5) is 5.13 Å². The van der Waals surface area contributed by atoms with Crippen LogP contribution < -0.4 is 9.64 Å². The molecule has 5 rings (SSSR count). The lowest BCUT2D eigenvalue weighted by molar-refractivity contribution is 0.191. The van der Waals surface area contributed by atoms with Crippen molar-refractivity contribution in [2.75, 3.05) is 38.2 Å². The van der Waals surface area contributed by atoms with Crippen molar-refractivity contribution in [3.8, 4) is 11.5 Å².